The Morgan fingerprint density at radius 2 is 1.47 bits per heavy atom. The minimum Gasteiger partial charge on any atom is -0.493 e. The molecule has 1 fully saturated rings. The molecule has 4 aromatic rings. The van der Waals surface area contributed by atoms with E-state index in [0.717, 1.165) is 27.8 Å². The van der Waals surface area contributed by atoms with Crippen LogP contribution in [0.4, 0.5) is 4.79 Å². The molecule has 0 spiro atoms. The predicted molar refractivity (Wildman–Crippen MR) is 203 cm³/mol. The van der Waals surface area contributed by atoms with Gasteiger partial charge in [0.2, 0.25) is 0 Å². The van der Waals surface area contributed by atoms with Crippen molar-refractivity contribution in [2.75, 3.05) is 39.9 Å². The Morgan fingerprint density at radius 3 is 2.08 bits per heavy atom. The molecule has 6 rings (SSSR count). The summed E-state index contributed by atoms with van der Waals surface area (Å²) in [5.41, 5.74) is 5.07. The van der Waals surface area contributed by atoms with Crippen LogP contribution in [0.5, 0.6) is 5.75 Å². The number of benzene rings is 4. The zero-order valence-corrected chi connectivity index (χ0v) is 31.2. The van der Waals surface area contributed by atoms with Gasteiger partial charge in [-0.2, -0.15) is 0 Å². The molecule has 0 saturated carbocycles. The number of amidine groups is 1. The molecule has 0 aliphatic carbocycles. The fourth-order valence-corrected chi connectivity index (χ4v) is 7.01. The number of amides is 2. The fourth-order valence-electron chi connectivity index (χ4n) is 6.76. The second kappa shape index (κ2) is 15.5. The van der Waals surface area contributed by atoms with Crippen molar-refractivity contribution in [1.82, 2.24) is 14.7 Å². The Labute approximate surface area is 310 Å². The van der Waals surface area contributed by atoms with Gasteiger partial charge in [-0.1, -0.05) is 92.5 Å². The molecule has 2 aliphatic heterocycles. The number of hydrogen-bond acceptors (Lipinski definition) is 6. The topological polar surface area (TPSA) is 74.7 Å². The van der Waals surface area contributed by atoms with Crippen molar-refractivity contribution < 1.29 is 19.1 Å². The molecule has 4 aromatic carbocycles. The van der Waals surface area contributed by atoms with E-state index in [9.17, 15) is 4.79 Å². The number of rotatable bonds is 8. The SMILES string of the molecule is CCOc1cc(C(C)(C)C)ccc1C1=NC(c2ccc(Cl)cc2)C(c2ccc(Cl)cc2)N1C(=O)N1CCN(Cc2ccccc2C(=O)OC)CC1. The van der Waals surface area contributed by atoms with Crippen LogP contribution in [-0.4, -0.2) is 72.4 Å². The number of halogens is 2. The van der Waals surface area contributed by atoms with Gasteiger partial charge in [-0.05, 0) is 77.1 Å². The smallest absolute Gasteiger partial charge is 0.338 e. The van der Waals surface area contributed by atoms with Gasteiger partial charge >= 0.3 is 12.0 Å². The molecule has 10 heteroatoms. The third-order valence-corrected chi connectivity index (χ3v) is 10.0. The summed E-state index contributed by atoms with van der Waals surface area (Å²) in [5.74, 6) is 0.881. The Morgan fingerprint density at radius 1 is 0.843 bits per heavy atom. The maximum atomic E-state index is 15.0. The van der Waals surface area contributed by atoms with Crippen molar-refractivity contribution in [2.24, 2.45) is 4.99 Å². The molecule has 2 atom stereocenters. The second-order valence-corrected chi connectivity index (χ2v) is 14.8. The van der Waals surface area contributed by atoms with Crippen molar-refractivity contribution in [1.29, 1.82) is 0 Å². The minimum absolute atomic E-state index is 0.105. The number of nitrogens with zero attached hydrogens (tertiary/aromatic N) is 4. The maximum Gasteiger partial charge on any atom is 0.338 e. The van der Waals surface area contributed by atoms with Crippen LogP contribution in [0.25, 0.3) is 0 Å². The number of urea groups is 1. The molecule has 0 bridgehead atoms. The number of carbonyl (C=O) groups is 2. The summed E-state index contributed by atoms with van der Waals surface area (Å²) in [4.78, 5) is 38.8. The van der Waals surface area contributed by atoms with Crippen LogP contribution >= 0.6 is 23.2 Å². The van der Waals surface area contributed by atoms with Gasteiger partial charge in [0.25, 0.3) is 0 Å². The summed E-state index contributed by atoms with van der Waals surface area (Å²) >= 11 is 12.7. The summed E-state index contributed by atoms with van der Waals surface area (Å²) in [6.07, 6.45) is 0. The monoisotopic (exact) mass is 726 g/mol. The van der Waals surface area contributed by atoms with Crippen molar-refractivity contribution in [2.45, 2.75) is 51.7 Å². The maximum absolute atomic E-state index is 15.0. The molecule has 0 radical (unpaired) electrons. The molecule has 8 nitrogen and oxygen atoms in total. The van der Waals surface area contributed by atoms with Crippen molar-refractivity contribution in [3.63, 3.8) is 0 Å². The summed E-state index contributed by atoms with van der Waals surface area (Å²) in [5, 5.41) is 1.24. The minimum atomic E-state index is -0.465. The van der Waals surface area contributed by atoms with E-state index in [1.54, 1.807) is 6.07 Å². The Kier molecular flexibility index (Phi) is 11.1. The lowest BCUT2D eigenvalue weighted by atomic mass is 9.86. The molecule has 2 heterocycles. The van der Waals surface area contributed by atoms with Gasteiger partial charge in [0.05, 0.1) is 30.9 Å². The molecule has 2 amide bonds. The lowest BCUT2D eigenvalue weighted by Gasteiger charge is -2.39. The van der Waals surface area contributed by atoms with Gasteiger partial charge < -0.3 is 14.4 Å². The highest BCUT2D eigenvalue weighted by atomic mass is 35.5. The molecule has 0 N–H and O–H groups in total. The number of carbonyl (C=O) groups excluding carboxylic acids is 2. The first-order chi connectivity index (χ1) is 24.5. The third kappa shape index (κ3) is 7.93. The van der Waals surface area contributed by atoms with E-state index < -0.39 is 12.1 Å². The first-order valence-electron chi connectivity index (χ1n) is 17.3. The normalized spacial score (nSPS) is 18.1. The summed E-state index contributed by atoms with van der Waals surface area (Å²) in [7, 11) is 1.39. The van der Waals surface area contributed by atoms with Gasteiger partial charge in [-0.25, -0.2) is 9.59 Å². The Bertz CT molecular complexity index is 1900. The average molecular weight is 728 g/mol. The van der Waals surface area contributed by atoms with Gasteiger partial charge in [0.15, 0.2) is 0 Å². The third-order valence-electron chi connectivity index (χ3n) is 9.54. The molecule has 266 valence electrons. The molecule has 2 aliphatic rings. The van der Waals surface area contributed by atoms with E-state index in [2.05, 4.69) is 37.8 Å². The molecule has 1 saturated heterocycles. The zero-order chi connectivity index (χ0) is 36.3. The number of aliphatic imine (C=N–C) groups is 1. The van der Waals surface area contributed by atoms with Crippen LogP contribution in [0.1, 0.15) is 78.0 Å². The number of piperazine rings is 1. The lowest BCUT2D eigenvalue weighted by molar-refractivity contribution is 0.0597. The van der Waals surface area contributed by atoms with Crippen molar-refractivity contribution in [3.05, 3.63) is 134 Å². The summed E-state index contributed by atoms with van der Waals surface area (Å²) < 4.78 is 11.3. The number of esters is 1. The highest BCUT2D eigenvalue weighted by Gasteiger charge is 2.45. The highest BCUT2D eigenvalue weighted by molar-refractivity contribution is 6.30. The van der Waals surface area contributed by atoms with Gasteiger partial charge in [0, 0.05) is 42.8 Å². The summed E-state index contributed by atoms with van der Waals surface area (Å²) in [6.45, 7) is 11.8. The van der Waals surface area contributed by atoms with Crippen molar-refractivity contribution in [3.8, 4) is 5.75 Å². The van der Waals surface area contributed by atoms with E-state index in [0.29, 0.717) is 66.5 Å². The van der Waals surface area contributed by atoms with E-state index in [4.69, 9.17) is 37.7 Å². The van der Waals surface area contributed by atoms with Crippen LogP contribution < -0.4 is 4.74 Å². The standard InChI is InChI=1S/C41H44Cl2N4O4/c1-6-51-35-25-30(41(2,3)4)15-20-34(35)38-44-36(27-11-16-31(42)17-12-27)37(28-13-18-32(43)19-14-28)47(38)40(49)46-23-21-45(22-24-46)26-29-9-7-8-10-33(29)39(48)50-5/h7-20,25,36-37H,6,21-24,26H2,1-5H3. The molecular formula is C41H44Cl2N4O4. The molecular weight excluding hydrogens is 683 g/mol. The van der Waals surface area contributed by atoms with Crippen molar-refractivity contribution >= 4 is 41.0 Å². The quantitative estimate of drug-likeness (QED) is 0.170. The number of ether oxygens (including phenoxy) is 2. The van der Waals surface area contributed by atoms with Crippen LogP contribution in [-0.2, 0) is 16.7 Å². The number of hydrogen-bond donors (Lipinski definition) is 0. The zero-order valence-electron chi connectivity index (χ0n) is 29.7. The highest BCUT2D eigenvalue weighted by Crippen LogP contribution is 2.46. The van der Waals surface area contributed by atoms with E-state index in [1.165, 1.54) is 7.11 Å². The van der Waals surface area contributed by atoms with Crippen LogP contribution in [0.2, 0.25) is 10.0 Å². The van der Waals surface area contributed by atoms with E-state index in [-0.39, 0.29) is 17.4 Å². The predicted octanol–water partition coefficient (Wildman–Crippen LogP) is 8.96. The molecule has 51 heavy (non-hydrogen) atoms. The van der Waals surface area contributed by atoms with Crippen LogP contribution in [0.3, 0.4) is 0 Å². The van der Waals surface area contributed by atoms with Gasteiger partial charge in [-0.15, -0.1) is 0 Å². The average Bonchev–Trinajstić information content (AvgIpc) is 3.52. The van der Waals surface area contributed by atoms with E-state index in [1.807, 2.05) is 89.5 Å². The van der Waals surface area contributed by atoms with Gasteiger partial charge in [-0.3, -0.25) is 14.8 Å². The fraction of sp³-hybridized carbons (Fsp3) is 0.341. The number of methoxy groups -OCH3 is 1. The first kappa shape index (κ1) is 36.4. The first-order valence-corrected chi connectivity index (χ1v) is 18.1. The summed E-state index contributed by atoms with van der Waals surface area (Å²) in [6, 6.07) is 28.0. The van der Waals surface area contributed by atoms with Gasteiger partial charge in [0.1, 0.15) is 17.6 Å². The lowest BCUT2D eigenvalue weighted by Crippen LogP contribution is -2.54. The Balaban J connectivity index is 1.38. The largest absolute Gasteiger partial charge is 0.493 e. The van der Waals surface area contributed by atoms with Crippen LogP contribution in [0, 0.1) is 0 Å². The Hall–Kier alpha value is -4.37. The van der Waals surface area contributed by atoms with E-state index >= 15 is 4.79 Å². The molecule has 2 unspecified atom stereocenters. The molecule has 0 aromatic heterocycles. The van der Waals surface area contributed by atoms with Crippen LogP contribution in [0.15, 0.2) is 96.0 Å². The second-order valence-electron chi connectivity index (χ2n) is 13.9.